The van der Waals surface area contributed by atoms with E-state index in [4.69, 9.17) is 0 Å². The van der Waals surface area contributed by atoms with Crippen LogP contribution in [-0.4, -0.2) is 43.5 Å². The average molecular weight is 246 g/mol. The first-order chi connectivity index (χ1) is 7.60. The van der Waals surface area contributed by atoms with E-state index >= 15 is 0 Å². The molecule has 16 heavy (non-hydrogen) atoms. The fourth-order valence-corrected chi connectivity index (χ4v) is 4.40. The van der Waals surface area contributed by atoms with Crippen molar-refractivity contribution in [3.63, 3.8) is 0 Å². The number of hydrogen-bond acceptors (Lipinski definition) is 3. The van der Waals surface area contributed by atoms with E-state index in [1.165, 1.54) is 4.31 Å². The van der Waals surface area contributed by atoms with Gasteiger partial charge in [-0.2, -0.15) is 4.31 Å². The summed E-state index contributed by atoms with van der Waals surface area (Å²) in [4.78, 5) is 11.2. The van der Waals surface area contributed by atoms with Gasteiger partial charge in [-0.15, -0.1) is 0 Å². The molecule has 5 nitrogen and oxygen atoms in total. The van der Waals surface area contributed by atoms with Gasteiger partial charge in [0.25, 0.3) is 0 Å². The van der Waals surface area contributed by atoms with Crippen molar-refractivity contribution >= 4 is 15.9 Å². The Hall–Kier alpha value is -0.620. The second-order valence-electron chi connectivity index (χ2n) is 4.49. The van der Waals surface area contributed by atoms with Crippen LogP contribution >= 0.6 is 0 Å². The third-order valence-corrected chi connectivity index (χ3v) is 5.68. The molecule has 1 amide bonds. The van der Waals surface area contributed by atoms with E-state index in [0.29, 0.717) is 13.1 Å². The second kappa shape index (κ2) is 4.71. The third-order valence-electron chi connectivity index (χ3n) is 3.34. The summed E-state index contributed by atoms with van der Waals surface area (Å²) in [6.07, 6.45) is 4.61. The maximum atomic E-state index is 12.2. The lowest BCUT2D eigenvalue weighted by atomic mass is 10.0. The number of amides is 1. The van der Waals surface area contributed by atoms with E-state index in [0.717, 1.165) is 32.1 Å². The van der Waals surface area contributed by atoms with Crippen LogP contribution in [0.25, 0.3) is 0 Å². The Balaban J connectivity index is 2.07. The van der Waals surface area contributed by atoms with Gasteiger partial charge >= 0.3 is 0 Å². The summed E-state index contributed by atoms with van der Waals surface area (Å²) >= 11 is 0. The lowest BCUT2D eigenvalue weighted by Crippen LogP contribution is -2.52. The average Bonchev–Trinajstić information content (AvgIpc) is 2.30. The predicted molar refractivity (Wildman–Crippen MR) is 60.4 cm³/mol. The van der Waals surface area contributed by atoms with E-state index in [1.807, 2.05) is 0 Å². The van der Waals surface area contributed by atoms with Crippen molar-refractivity contribution in [2.45, 2.75) is 37.4 Å². The molecule has 0 bridgehead atoms. The number of hydrogen-bond donors (Lipinski definition) is 1. The molecule has 2 aliphatic rings. The molecule has 0 radical (unpaired) electrons. The van der Waals surface area contributed by atoms with Gasteiger partial charge in [-0.05, 0) is 12.8 Å². The molecular weight excluding hydrogens is 228 g/mol. The minimum Gasteiger partial charge on any atom is -0.354 e. The highest BCUT2D eigenvalue weighted by Gasteiger charge is 2.35. The highest BCUT2D eigenvalue weighted by atomic mass is 32.2. The summed E-state index contributed by atoms with van der Waals surface area (Å²) in [5, 5.41) is 2.38. The Labute approximate surface area is 96.2 Å². The Morgan fingerprint density at radius 1 is 1.19 bits per heavy atom. The zero-order valence-corrected chi connectivity index (χ0v) is 10.1. The second-order valence-corrected chi connectivity index (χ2v) is 6.70. The topological polar surface area (TPSA) is 66.5 Å². The highest BCUT2D eigenvalue weighted by Crippen LogP contribution is 2.26. The maximum absolute atomic E-state index is 12.2. The number of rotatable bonds is 2. The van der Waals surface area contributed by atoms with Gasteiger partial charge in [0.1, 0.15) is 0 Å². The van der Waals surface area contributed by atoms with Crippen LogP contribution in [0.4, 0.5) is 0 Å². The van der Waals surface area contributed by atoms with Crippen molar-refractivity contribution in [3.8, 4) is 0 Å². The first kappa shape index (κ1) is 11.9. The van der Waals surface area contributed by atoms with Gasteiger partial charge in [-0.25, -0.2) is 8.42 Å². The molecule has 1 saturated carbocycles. The van der Waals surface area contributed by atoms with E-state index in [9.17, 15) is 13.2 Å². The number of carbonyl (C=O) groups excluding carboxylic acids is 1. The Morgan fingerprint density at radius 2 is 1.88 bits per heavy atom. The Morgan fingerprint density at radius 3 is 2.50 bits per heavy atom. The molecule has 1 heterocycles. The summed E-state index contributed by atoms with van der Waals surface area (Å²) in [6, 6.07) is 0. The molecule has 1 aliphatic carbocycles. The molecule has 0 aromatic carbocycles. The van der Waals surface area contributed by atoms with E-state index in [1.54, 1.807) is 0 Å². The van der Waals surface area contributed by atoms with Crippen LogP contribution in [0.15, 0.2) is 0 Å². The van der Waals surface area contributed by atoms with Crippen molar-refractivity contribution < 1.29 is 13.2 Å². The molecule has 2 fully saturated rings. The normalized spacial score (nSPS) is 25.4. The Bertz CT molecular complexity index is 360. The fourth-order valence-electron chi connectivity index (χ4n) is 2.41. The van der Waals surface area contributed by atoms with Gasteiger partial charge in [0.15, 0.2) is 0 Å². The van der Waals surface area contributed by atoms with Crippen LogP contribution in [-0.2, 0) is 14.8 Å². The summed E-state index contributed by atoms with van der Waals surface area (Å²) in [5.74, 6) is -0.189. The molecule has 6 heteroatoms. The number of nitrogens with one attached hydrogen (secondary N) is 1. The lowest BCUT2D eigenvalue weighted by molar-refractivity contribution is -0.122. The van der Waals surface area contributed by atoms with Gasteiger partial charge < -0.3 is 5.32 Å². The van der Waals surface area contributed by atoms with Crippen LogP contribution in [0, 0.1) is 0 Å². The van der Waals surface area contributed by atoms with E-state index < -0.39 is 10.0 Å². The van der Waals surface area contributed by atoms with Crippen molar-refractivity contribution in [1.82, 2.24) is 9.62 Å². The molecule has 0 unspecified atom stereocenters. The molecular formula is C10H18N2O3S. The van der Waals surface area contributed by atoms with Crippen LogP contribution < -0.4 is 5.32 Å². The van der Waals surface area contributed by atoms with Gasteiger partial charge in [0, 0.05) is 13.1 Å². The van der Waals surface area contributed by atoms with E-state index in [2.05, 4.69) is 5.32 Å². The smallest absolute Gasteiger partial charge is 0.235 e. The molecule has 0 aromatic rings. The standard InChI is InChI=1S/C10H18N2O3S/c13-10-8-12(7-6-11-10)16(14,15)9-4-2-1-3-5-9/h9H,1-8H2,(H,11,13). The molecule has 2 rings (SSSR count). The van der Waals surface area contributed by atoms with Crippen LogP contribution in [0.3, 0.4) is 0 Å². The maximum Gasteiger partial charge on any atom is 0.235 e. The lowest BCUT2D eigenvalue weighted by Gasteiger charge is -2.31. The minimum atomic E-state index is -3.25. The number of nitrogens with zero attached hydrogens (tertiary/aromatic N) is 1. The first-order valence-corrected chi connectivity index (χ1v) is 7.37. The van der Waals surface area contributed by atoms with Gasteiger partial charge in [-0.1, -0.05) is 19.3 Å². The molecule has 0 spiro atoms. The van der Waals surface area contributed by atoms with Crippen molar-refractivity contribution in [2.24, 2.45) is 0 Å². The van der Waals surface area contributed by atoms with Crippen LogP contribution in [0.5, 0.6) is 0 Å². The largest absolute Gasteiger partial charge is 0.354 e. The van der Waals surface area contributed by atoms with Crippen molar-refractivity contribution in [1.29, 1.82) is 0 Å². The van der Waals surface area contributed by atoms with E-state index in [-0.39, 0.29) is 17.7 Å². The molecule has 1 saturated heterocycles. The summed E-state index contributed by atoms with van der Waals surface area (Å²) in [5.41, 5.74) is 0. The molecule has 1 N–H and O–H groups in total. The quantitative estimate of drug-likeness (QED) is 0.750. The van der Waals surface area contributed by atoms with Crippen LogP contribution in [0.2, 0.25) is 0 Å². The van der Waals surface area contributed by atoms with Gasteiger partial charge in [-0.3, -0.25) is 4.79 Å². The van der Waals surface area contributed by atoms with Gasteiger partial charge in [0.2, 0.25) is 15.9 Å². The molecule has 1 aliphatic heterocycles. The highest BCUT2D eigenvalue weighted by molar-refractivity contribution is 7.89. The molecule has 0 aromatic heterocycles. The number of sulfonamides is 1. The van der Waals surface area contributed by atoms with Crippen LogP contribution in [0.1, 0.15) is 32.1 Å². The summed E-state index contributed by atoms with van der Waals surface area (Å²) in [7, 11) is -3.25. The number of carbonyl (C=O) groups is 1. The fraction of sp³-hybridized carbons (Fsp3) is 0.900. The number of piperazine rings is 1. The minimum absolute atomic E-state index is 0.00116. The summed E-state index contributed by atoms with van der Waals surface area (Å²) in [6.45, 7) is 0.855. The first-order valence-electron chi connectivity index (χ1n) is 5.86. The Kier molecular flexibility index (Phi) is 3.49. The van der Waals surface area contributed by atoms with Crippen molar-refractivity contribution in [2.75, 3.05) is 19.6 Å². The zero-order valence-electron chi connectivity index (χ0n) is 9.31. The SMILES string of the molecule is O=C1CN(S(=O)(=O)C2CCCCC2)CCN1. The predicted octanol–water partition coefficient (Wildman–Crippen LogP) is 0.0807. The van der Waals surface area contributed by atoms with Gasteiger partial charge in [0.05, 0.1) is 11.8 Å². The molecule has 0 atom stereocenters. The zero-order chi connectivity index (χ0) is 11.6. The molecule has 92 valence electrons. The summed E-state index contributed by atoms with van der Waals surface area (Å²) < 4.78 is 25.8. The third kappa shape index (κ3) is 2.38. The van der Waals surface area contributed by atoms with Crippen molar-refractivity contribution in [3.05, 3.63) is 0 Å². The monoisotopic (exact) mass is 246 g/mol.